The van der Waals surface area contributed by atoms with Crippen LogP contribution in [0.3, 0.4) is 0 Å². The summed E-state index contributed by atoms with van der Waals surface area (Å²) in [5.41, 5.74) is 2.25. The van der Waals surface area contributed by atoms with E-state index in [4.69, 9.17) is 4.74 Å². The van der Waals surface area contributed by atoms with Crippen molar-refractivity contribution in [1.29, 1.82) is 0 Å². The minimum atomic E-state index is -0.375. The van der Waals surface area contributed by atoms with Gasteiger partial charge in [0.05, 0.1) is 30.8 Å². The van der Waals surface area contributed by atoms with Crippen molar-refractivity contribution in [2.24, 2.45) is 0 Å². The van der Waals surface area contributed by atoms with E-state index in [0.717, 1.165) is 24.2 Å². The maximum absolute atomic E-state index is 13.1. The van der Waals surface area contributed by atoms with E-state index in [1.165, 1.54) is 30.5 Å². The number of anilines is 1. The predicted molar refractivity (Wildman–Crippen MR) is 122 cm³/mol. The van der Waals surface area contributed by atoms with E-state index >= 15 is 0 Å². The lowest BCUT2D eigenvalue weighted by Gasteiger charge is -2.24. The summed E-state index contributed by atoms with van der Waals surface area (Å²) in [6.45, 7) is 2.39. The lowest BCUT2D eigenvalue weighted by molar-refractivity contribution is -0.131. The number of nitrogens with zero attached hydrogens (tertiary/aromatic N) is 3. The first-order valence-corrected chi connectivity index (χ1v) is 10.8. The van der Waals surface area contributed by atoms with Gasteiger partial charge >= 0.3 is 0 Å². The molecule has 1 aromatic heterocycles. The van der Waals surface area contributed by atoms with Gasteiger partial charge in [-0.25, -0.2) is 14.4 Å². The number of hydrogen-bond donors (Lipinski definition) is 1. The summed E-state index contributed by atoms with van der Waals surface area (Å²) in [5.74, 6) is 0.551. The normalized spacial score (nSPS) is 15.4. The van der Waals surface area contributed by atoms with Gasteiger partial charge in [-0.1, -0.05) is 12.1 Å². The number of hydrogen-bond acceptors (Lipinski definition) is 5. The van der Waals surface area contributed by atoms with Crippen molar-refractivity contribution in [3.8, 4) is 5.75 Å². The van der Waals surface area contributed by atoms with Crippen LogP contribution in [-0.4, -0.2) is 40.3 Å². The fourth-order valence-corrected chi connectivity index (χ4v) is 3.95. The number of halogens is 1. The Kier molecular flexibility index (Phi) is 6.63. The summed E-state index contributed by atoms with van der Waals surface area (Å²) in [4.78, 5) is 36.4. The molecule has 1 saturated heterocycles. The number of amides is 2. The Hall–Kier alpha value is -3.81. The lowest BCUT2D eigenvalue weighted by Crippen LogP contribution is -2.33. The second-order valence-corrected chi connectivity index (χ2v) is 7.96. The van der Waals surface area contributed by atoms with E-state index in [-0.39, 0.29) is 30.1 Å². The molecule has 7 nitrogen and oxygen atoms in total. The Morgan fingerprint density at radius 3 is 2.55 bits per heavy atom. The minimum Gasteiger partial charge on any atom is -0.497 e. The summed E-state index contributed by atoms with van der Waals surface area (Å²) >= 11 is 0. The first-order valence-electron chi connectivity index (χ1n) is 10.8. The highest BCUT2D eigenvalue weighted by Gasteiger charge is 2.32. The first kappa shape index (κ1) is 22.4. The highest BCUT2D eigenvalue weighted by Crippen LogP contribution is 2.31. The Morgan fingerprint density at radius 1 is 1.15 bits per heavy atom. The molecule has 4 rings (SSSR count). The average Bonchev–Trinajstić information content (AvgIpc) is 3.31. The topological polar surface area (TPSA) is 84.4 Å². The van der Waals surface area contributed by atoms with E-state index in [1.807, 2.05) is 29.2 Å². The van der Waals surface area contributed by atoms with Crippen LogP contribution in [0.2, 0.25) is 0 Å². The zero-order chi connectivity index (χ0) is 23.4. The van der Waals surface area contributed by atoms with Crippen LogP contribution in [0.25, 0.3) is 0 Å². The third kappa shape index (κ3) is 5.16. The lowest BCUT2D eigenvalue weighted by atomic mass is 10.1. The van der Waals surface area contributed by atoms with Crippen LogP contribution in [0.5, 0.6) is 5.75 Å². The number of carbonyl (C=O) groups excluding carboxylic acids is 2. The molecule has 3 aromatic rings. The Morgan fingerprint density at radius 2 is 1.88 bits per heavy atom. The maximum atomic E-state index is 13.1. The van der Waals surface area contributed by atoms with Gasteiger partial charge in [0, 0.05) is 18.4 Å². The van der Waals surface area contributed by atoms with Crippen molar-refractivity contribution in [1.82, 2.24) is 14.9 Å². The monoisotopic (exact) mass is 448 g/mol. The number of rotatable bonds is 6. The quantitative estimate of drug-likeness (QED) is 0.614. The van der Waals surface area contributed by atoms with Crippen molar-refractivity contribution >= 4 is 17.5 Å². The Bertz CT molecular complexity index is 1150. The van der Waals surface area contributed by atoms with Crippen LogP contribution in [0.1, 0.15) is 46.3 Å². The summed E-state index contributed by atoms with van der Waals surface area (Å²) in [6, 6.07) is 12.8. The fraction of sp³-hybridized carbons (Fsp3) is 0.280. The summed E-state index contributed by atoms with van der Waals surface area (Å²) in [6.07, 6.45) is 3.42. The molecule has 33 heavy (non-hydrogen) atoms. The van der Waals surface area contributed by atoms with E-state index in [1.54, 1.807) is 14.0 Å². The highest BCUT2D eigenvalue weighted by atomic mass is 19.1. The molecular formula is C25H25FN4O3. The smallest absolute Gasteiger partial charge is 0.259 e. The van der Waals surface area contributed by atoms with Crippen molar-refractivity contribution in [3.63, 3.8) is 0 Å². The van der Waals surface area contributed by atoms with Crippen molar-refractivity contribution in [2.75, 3.05) is 19.0 Å². The van der Waals surface area contributed by atoms with Crippen LogP contribution >= 0.6 is 0 Å². The van der Waals surface area contributed by atoms with E-state index in [0.29, 0.717) is 29.3 Å². The average molecular weight is 448 g/mol. The van der Waals surface area contributed by atoms with Gasteiger partial charge in [0.2, 0.25) is 5.91 Å². The molecule has 0 spiro atoms. The summed E-state index contributed by atoms with van der Waals surface area (Å²) in [7, 11) is 1.61. The van der Waals surface area contributed by atoms with Crippen molar-refractivity contribution in [3.05, 3.63) is 83.2 Å². The van der Waals surface area contributed by atoms with Crippen LogP contribution < -0.4 is 10.1 Å². The number of ether oxygens (including phenoxy) is 1. The second-order valence-electron chi connectivity index (χ2n) is 7.96. The van der Waals surface area contributed by atoms with E-state index in [9.17, 15) is 14.0 Å². The standard InChI is InChI=1S/C25H25FN4O3/c1-16-21(25(32)29-19-9-7-18(26)8-10-19)15-27-24(28-16)22-4-3-13-30(22)23(31)14-17-5-11-20(33-2)12-6-17/h5-12,15,22H,3-4,13-14H2,1-2H3,(H,29,32). The summed E-state index contributed by atoms with van der Waals surface area (Å²) < 4.78 is 18.2. The van der Waals surface area contributed by atoms with Gasteiger partial charge in [0.1, 0.15) is 11.6 Å². The van der Waals surface area contributed by atoms with Crippen LogP contribution in [0, 0.1) is 12.7 Å². The Balaban J connectivity index is 1.46. The molecule has 2 amide bonds. The van der Waals surface area contributed by atoms with Gasteiger partial charge < -0.3 is 15.0 Å². The molecule has 170 valence electrons. The van der Waals surface area contributed by atoms with E-state index in [2.05, 4.69) is 15.3 Å². The Labute approximate surface area is 191 Å². The maximum Gasteiger partial charge on any atom is 0.259 e. The SMILES string of the molecule is COc1ccc(CC(=O)N2CCCC2c2ncc(C(=O)Nc3ccc(F)cc3)c(C)n2)cc1. The largest absolute Gasteiger partial charge is 0.497 e. The molecule has 1 atom stereocenters. The third-order valence-electron chi connectivity index (χ3n) is 5.73. The van der Waals surface area contributed by atoms with Gasteiger partial charge in [-0.2, -0.15) is 0 Å². The minimum absolute atomic E-state index is 0.0158. The number of benzene rings is 2. The highest BCUT2D eigenvalue weighted by molar-refractivity contribution is 6.04. The molecular weight excluding hydrogens is 423 g/mol. The molecule has 0 radical (unpaired) electrons. The predicted octanol–water partition coefficient (Wildman–Crippen LogP) is 4.09. The van der Waals surface area contributed by atoms with Crippen LogP contribution in [0.4, 0.5) is 10.1 Å². The van der Waals surface area contributed by atoms with Gasteiger partial charge in [0.15, 0.2) is 5.82 Å². The molecule has 8 heteroatoms. The second kappa shape index (κ2) is 9.77. The molecule has 0 bridgehead atoms. The van der Waals surface area contributed by atoms with Gasteiger partial charge in [-0.15, -0.1) is 0 Å². The van der Waals surface area contributed by atoms with Crippen LogP contribution in [-0.2, 0) is 11.2 Å². The molecule has 1 aliphatic rings. The number of aryl methyl sites for hydroxylation is 1. The van der Waals surface area contributed by atoms with Gasteiger partial charge in [-0.05, 0) is 61.7 Å². The number of nitrogens with one attached hydrogen (secondary N) is 1. The molecule has 2 heterocycles. The molecule has 0 saturated carbocycles. The number of methoxy groups -OCH3 is 1. The molecule has 1 N–H and O–H groups in total. The zero-order valence-electron chi connectivity index (χ0n) is 18.5. The molecule has 0 aliphatic carbocycles. The fourth-order valence-electron chi connectivity index (χ4n) is 3.95. The van der Waals surface area contributed by atoms with E-state index < -0.39 is 0 Å². The number of carbonyl (C=O) groups is 2. The van der Waals surface area contributed by atoms with Crippen molar-refractivity contribution < 1.29 is 18.7 Å². The molecule has 1 fully saturated rings. The molecule has 1 aliphatic heterocycles. The van der Waals surface area contributed by atoms with Gasteiger partial charge in [-0.3, -0.25) is 9.59 Å². The van der Waals surface area contributed by atoms with Crippen molar-refractivity contribution in [2.45, 2.75) is 32.2 Å². The first-order chi connectivity index (χ1) is 15.9. The third-order valence-corrected chi connectivity index (χ3v) is 5.73. The summed E-state index contributed by atoms with van der Waals surface area (Å²) in [5, 5.41) is 2.72. The number of likely N-dealkylation sites (tertiary alicyclic amines) is 1. The molecule has 1 unspecified atom stereocenters. The number of aromatic nitrogens is 2. The van der Waals surface area contributed by atoms with Crippen LogP contribution in [0.15, 0.2) is 54.7 Å². The zero-order valence-corrected chi connectivity index (χ0v) is 18.5. The van der Waals surface area contributed by atoms with Gasteiger partial charge in [0.25, 0.3) is 5.91 Å². The molecule has 2 aromatic carbocycles.